The monoisotopic (exact) mass is 300 g/mol. The van der Waals surface area contributed by atoms with Crippen LogP contribution in [0.1, 0.15) is 44.0 Å². The van der Waals surface area contributed by atoms with Crippen molar-refractivity contribution in [3.63, 3.8) is 0 Å². The summed E-state index contributed by atoms with van der Waals surface area (Å²) in [5, 5.41) is 0. The van der Waals surface area contributed by atoms with Gasteiger partial charge in [0.15, 0.2) is 0 Å². The molecule has 0 fully saturated rings. The average molecular weight is 300 g/mol. The zero-order valence-electron chi connectivity index (χ0n) is 13.6. The fourth-order valence-electron chi connectivity index (χ4n) is 2.46. The number of carbonyl (C=O) groups is 1. The van der Waals surface area contributed by atoms with Gasteiger partial charge in [-0.25, -0.2) is 9.97 Å². The third kappa shape index (κ3) is 3.72. The fourth-order valence-corrected chi connectivity index (χ4v) is 2.46. The Morgan fingerprint density at radius 2 is 2.05 bits per heavy atom. The van der Waals surface area contributed by atoms with Gasteiger partial charge < -0.3 is 4.90 Å². The lowest BCUT2D eigenvalue weighted by Crippen LogP contribution is -2.35. The molecule has 2 heterocycles. The van der Waals surface area contributed by atoms with E-state index in [1.165, 1.54) is 0 Å². The van der Waals surface area contributed by atoms with Gasteiger partial charge in [0.25, 0.3) is 5.91 Å². The number of hydrogen-bond acceptors (Lipinski definition) is 3. The first-order chi connectivity index (χ1) is 10.7. The largest absolute Gasteiger partial charge is 0.339 e. The molecule has 1 amide bonds. The van der Waals surface area contributed by atoms with Crippen LogP contribution in [-0.2, 0) is 0 Å². The van der Waals surface area contributed by atoms with Gasteiger partial charge in [-0.2, -0.15) is 0 Å². The average Bonchev–Trinajstić information content (AvgIpc) is 3.10. The van der Waals surface area contributed by atoms with Crippen molar-refractivity contribution in [1.29, 1.82) is 0 Å². The molecule has 2 rings (SSSR count). The van der Waals surface area contributed by atoms with E-state index in [2.05, 4.69) is 23.8 Å². The van der Waals surface area contributed by atoms with E-state index < -0.39 is 0 Å². The molecule has 5 nitrogen and oxygen atoms in total. The Kier molecular flexibility index (Phi) is 5.69. The molecule has 0 atom stereocenters. The molecule has 0 bridgehead atoms. The molecule has 0 unspecified atom stereocenters. The van der Waals surface area contributed by atoms with E-state index >= 15 is 0 Å². The van der Waals surface area contributed by atoms with Crippen molar-refractivity contribution in [1.82, 2.24) is 19.4 Å². The Bertz CT molecular complexity index is 573. The molecule has 0 saturated carbocycles. The van der Waals surface area contributed by atoms with Crippen LogP contribution in [0.2, 0.25) is 0 Å². The second-order valence-corrected chi connectivity index (χ2v) is 5.40. The zero-order chi connectivity index (χ0) is 15.9. The number of nitrogens with zero attached hydrogens (tertiary/aromatic N) is 4. The molecule has 0 spiro atoms. The van der Waals surface area contributed by atoms with Crippen LogP contribution in [0, 0.1) is 5.92 Å². The number of imidazole rings is 1. The van der Waals surface area contributed by atoms with Gasteiger partial charge in [0, 0.05) is 31.7 Å². The van der Waals surface area contributed by atoms with Crippen LogP contribution in [0.25, 0.3) is 5.82 Å². The van der Waals surface area contributed by atoms with Crippen LogP contribution in [0.5, 0.6) is 0 Å². The molecule has 22 heavy (non-hydrogen) atoms. The maximum Gasteiger partial charge on any atom is 0.255 e. The first kappa shape index (κ1) is 16.2. The Morgan fingerprint density at radius 1 is 1.27 bits per heavy atom. The predicted octanol–water partition coefficient (Wildman–Crippen LogP) is 3.17. The van der Waals surface area contributed by atoms with Crippen molar-refractivity contribution in [3.8, 4) is 5.82 Å². The summed E-state index contributed by atoms with van der Waals surface area (Å²) in [6, 6.07) is 3.68. The zero-order valence-corrected chi connectivity index (χ0v) is 13.6. The van der Waals surface area contributed by atoms with Gasteiger partial charge in [-0.3, -0.25) is 9.36 Å². The summed E-state index contributed by atoms with van der Waals surface area (Å²) in [4.78, 5) is 22.9. The molecule has 2 aromatic heterocycles. The van der Waals surface area contributed by atoms with E-state index in [4.69, 9.17) is 0 Å². The number of aromatic nitrogens is 3. The first-order valence-corrected chi connectivity index (χ1v) is 7.93. The predicted molar refractivity (Wildman–Crippen MR) is 87.0 cm³/mol. The van der Waals surface area contributed by atoms with Crippen LogP contribution < -0.4 is 0 Å². The smallest absolute Gasteiger partial charge is 0.255 e. The summed E-state index contributed by atoms with van der Waals surface area (Å²) in [5.41, 5.74) is 0.636. The number of rotatable bonds is 7. The Hall–Kier alpha value is -2.17. The van der Waals surface area contributed by atoms with Gasteiger partial charge >= 0.3 is 0 Å². The van der Waals surface area contributed by atoms with Gasteiger partial charge in [-0.1, -0.05) is 26.7 Å². The van der Waals surface area contributed by atoms with E-state index in [9.17, 15) is 4.79 Å². The number of pyridine rings is 1. The molecule has 0 aliphatic carbocycles. The maximum atomic E-state index is 12.6. The van der Waals surface area contributed by atoms with E-state index in [1.807, 2.05) is 34.7 Å². The molecular weight excluding hydrogens is 276 g/mol. The van der Waals surface area contributed by atoms with Crippen LogP contribution in [0.4, 0.5) is 0 Å². The maximum absolute atomic E-state index is 12.6. The highest BCUT2D eigenvalue weighted by atomic mass is 16.2. The lowest BCUT2D eigenvalue weighted by atomic mass is 10.0. The fraction of sp³-hybridized carbons (Fsp3) is 0.471. The molecule has 118 valence electrons. The quantitative estimate of drug-likeness (QED) is 0.789. The standard InChI is InChI=1S/C17H24N4O/c1-4-14(5-2)12-20(6-3)17(22)15-7-8-16(19-11-15)21-10-9-18-13-21/h7-11,13-14H,4-6,12H2,1-3H3. The van der Waals surface area contributed by atoms with Gasteiger partial charge in [0.1, 0.15) is 12.1 Å². The van der Waals surface area contributed by atoms with Gasteiger partial charge in [-0.05, 0) is 25.0 Å². The van der Waals surface area contributed by atoms with E-state index in [-0.39, 0.29) is 5.91 Å². The van der Waals surface area contributed by atoms with Crippen molar-refractivity contribution in [2.24, 2.45) is 5.92 Å². The number of carbonyl (C=O) groups excluding carboxylic acids is 1. The summed E-state index contributed by atoms with van der Waals surface area (Å²) in [7, 11) is 0. The van der Waals surface area contributed by atoms with Crippen LogP contribution in [0.15, 0.2) is 37.1 Å². The normalized spacial score (nSPS) is 10.9. The van der Waals surface area contributed by atoms with Crippen LogP contribution >= 0.6 is 0 Å². The summed E-state index contributed by atoms with van der Waals surface area (Å²) >= 11 is 0. The Morgan fingerprint density at radius 3 is 2.55 bits per heavy atom. The van der Waals surface area contributed by atoms with Gasteiger partial charge in [0.2, 0.25) is 0 Å². The molecule has 2 aromatic rings. The van der Waals surface area contributed by atoms with Gasteiger partial charge in [0.05, 0.1) is 5.56 Å². The van der Waals surface area contributed by atoms with Crippen molar-refractivity contribution in [2.75, 3.05) is 13.1 Å². The summed E-state index contributed by atoms with van der Waals surface area (Å²) < 4.78 is 1.82. The summed E-state index contributed by atoms with van der Waals surface area (Å²) in [5.74, 6) is 1.37. The first-order valence-electron chi connectivity index (χ1n) is 7.93. The third-order valence-corrected chi connectivity index (χ3v) is 4.07. The van der Waals surface area contributed by atoms with Crippen molar-refractivity contribution >= 4 is 5.91 Å². The third-order valence-electron chi connectivity index (χ3n) is 4.07. The number of amides is 1. The minimum Gasteiger partial charge on any atom is -0.339 e. The molecule has 0 radical (unpaired) electrons. The van der Waals surface area contributed by atoms with Crippen molar-refractivity contribution < 1.29 is 4.79 Å². The highest BCUT2D eigenvalue weighted by Crippen LogP contribution is 2.13. The minimum absolute atomic E-state index is 0.0547. The Labute approximate surface area is 132 Å². The second kappa shape index (κ2) is 7.73. The topological polar surface area (TPSA) is 51.0 Å². The van der Waals surface area contributed by atoms with Crippen LogP contribution in [-0.4, -0.2) is 38.4 Å². The second-order valence-electron chi connectivity index (χ2n) is 5.40. The van der Waals surface area contributed by atoms with E-state index in [0.717, 1.165) is 31.7 Å². The van der Waals surface area contributed by atoms with Crippen LogP contribution in [0.3, 0.4) is 0 Å². The van der Waals surface area contributed by atoms with Gasteiger partial charge in [-0.15, -0.1) is 0 Å². The molecule has 0 aliphatic rings. The Balaban J connectivity index is 2.10. The molecule has 5 heteroatoms. The molecule has 0 N–H and O–H groups in total. The summed E-state index contributed by atoms with van der Waals surface area (Å²) in [6.45, 7) is 7.90. The highest BCUT2D eigenvalue weighted by Gasteiger charge is 2.17. The van der Waals surface area contributed by atoms with E-state index in [1.54, 1.807) is 18.7 Å². The molecule has 0 aromatic carbocycles. The molecular formula is C17H24N4O. The van der Waals surface area contributed by atoms with Crippen molar-refractivity contribution in [3.05, 3.63) is 42.6 Å². The SMILES string of the molecule is CCC(CC)CN(CC)C(=O)c1ccc(-n2ccnc2)nc1. The lowest BCUT2D eigenvalue weighted by molar-refractivity contribution is 0.0734. The van der Waals surface area contributed by atoms with Crippen molar-refractivity contribution in [2.45, 2.75) is 33.6 Å². The molecule has 0 saturated heterocycles. The highest BCUT2D eigenvalue weighted by molar-refractivity contribution is 5.94. The lowest BCUT2D eigenvalue weighted by Gasteiger charge is -2.25. The van der Waals surface area contributed by atoms with E-state index in [0.29, 0.717) is 11.5 Å². The molecule has 0 aliphatic heterocycles. The minimum atomic E-state index is 0.0547. The number of hydrogen-bond donors (Lipinski definition) is 0. The summed E-state index contributed by atoms with van der Waals surface area (Å²) in [6.07, 6.45) is 9.06.